The Kier molecular flexibility index (Phi) is 6.90. The second kappa shape index (κ2) is 9.15. The van der Waals surface area contributed by atoms with Crippen molar-refractivity contribution in [2.75, 3.05) is 18.5 Å². The lowest BCUT2D eigenvalue weighted by Gasteiger charge is -2.32. The van der Waals surface area contributed by atoms with Crippen molar-refractivity contribution in [1.29, 1.82) is 0 Å². The Morgan fingerprint density at radius 2 is 1.83 bits per heavy atom. The number of nitrogens with one attached hydrogen (secondary N) is 1. The van der Waals surface area contributed by atoms with Gasteiger partial charge in [0.05, 0.1) is 13.2 Å². The first-order valence-corrected chi connectivity index (χ1v) is 8.19. The van der Waals surface area contributed by atoms with Gasteiger partial charge in [-0.15, -0.1) is 0 Å². The van der Waals surface area contributed by atoms with E-state index in [-0.39, 0.29) is 31.0 Å². The van der Waals surface area contributed by atoms with E-state index < -0.39 is 0 Å². The predicted octanol–water partition coefficient (Wildman–Crippen LogP) is 2.54. The normalized spacial score (nSPS) is 12.4. The Bertz CT molecular complexity index is 617. The first-order valence-electron chi connectivity index (χ1n) is 8.19. The zero-order valence-electron chi connectivity index (χ0n) is 14.2. The highest BCUT2D eigenvalue weighted by molar-refractivity contribution is 5.92. The average molecular weight is 327 g/mol. The number of rotatable bonds is 8. The largest absolute Gasteiger partial charge is 0.395 e. The monoisotopic (exact) mass is 327 g/mol. The number of benzene rings is 1. The third kappa shape index (κ3) is 5.44. The van der Waals surface area contributed by atoms with E-state index in [4.69, 9.17) is 0 Å². The van der Waals surface area contributed by atoms with E-state index >= 15 is 0 Å². The van der Waals surface area contributed by atoms with Crippen LogP contribution in [0.5, 0.6) is 0 Å². The molecule has 24 heavy (non-hydrogen) atoms. The summed E-state index contributed by atoms with van der Waals surface area (Å²) in [6.45, 7) is 4.97. The molecule has 1 aromatic carbocycles. The average Bonchev–Trinajstić information content (AvgIpc) is 2.56. The molecular formula is C19H25N3O2. The Balaban J connectivity index is 2.08. The quantitative estimate of drug-likeness (QED) is 0.782. The molecule has 0 bridgehead atoms. The number of amides is 1. The summed E-state index contributed by atoms with van der Waals surface area (Å²) in [7, 11) is 0. The van der Waals surface area contributed by atoms with Gasteiger partial charge in [0.2, 0.25) is 5.91 Å². The summed E-state index contributed by atoms with van der Waals surface area (Å²) in [6.07, 6.45) is 3.28. The first kappa shape index (κ1) is 18.1. The predicted molar refractivity (Wildman–Crippen MR) is 95.4 cm³/mol. The van der Waals surface area contributed by atoms with Crippen molar-refractivity contribution in [3.63, 3.8) is 0 Å². The lowest BCUT2D eigenvalue weighted by atomic mass is 10.0. The van der Waals surface area contributed by atoms with Gasteiger partial charge in [-0.3, -0.25) is 14.7 Å². The van der Waals surface area contributed by atoms with Gasteiger partial charge in [-0.2, -0.15) is 0 Å². The summed E-state index contributed by atoms with van der Waals surface area (Å²) in [6, 6.07) is 13.4. The molecule has 0 fully saturated rings. The van der Waals surface area contributed by atoms with Crippen LogP contribution in [0.4, 0.5) is 5.69 Å². The standard InChI is InChI=1S/C19H25N3O2/c1-15(2)18(14-23)22(12-16-6-4-3-5-7-16)13-19(24)21-17-8-10-20-11-9-17/h3-11,15,18,23H,12-14H2,1-2H3,(H,20,21,24). The van der Waals surface area contributed by atoms with Gasteiger partial charge in [0.25, 0.3) is 0 Å². The number of pyridine rings is 1. The minimum Gasteiger partial charge on any atom is -0.395 e. The van der Waals surface area contributed by atoms with Crippen molar-refractivity contribution in [2.45, 2.75) is 26.4 Å². The van der Waals surface area contributed by atoms with Crippen LogP contribution in [0.15, 0.2) is 54.9 Å². The molecule has 5 nitrogen and oxygen atoms in total. The number of nitrogens with zero attached hydrogens (tertiary/aromatic N) is 2. The lowest BCUT2D eigenvalue weighted by Crippen LogP contribution is -2.45. The number of hydrogen-bond donors (Lipinski definition) is 2. The molecule has 2 rings (SSSR count). The molecule has 0 aliphatic heterocycles. The highest BCUT2D eigenvalue weighted by atomic mass is 16.3. The van der Waals surface area contributed by atoms with Crippen LogP contribution >= 0.6 is 0 Å². The number of hydrogen-bond acceptors (Lipinski definition) is 4. The van der Waals surface area contributed by atoms with Crippen molar-refractivity contribution >= 4 is 11.6 Å². The van der Waals surface area contributed by atoms with E-state index in [1.165, 1.54) is 0 Å². The molecule has 1 atom stereocenters. The van der Waals surface area contributed by atoms with Crippen LogP contribution in [0.1, 0.15) is 19.4 Å². The molecule has 0 saturated carbocycles. The molecule has 1 aromatic heterocycles. The summed E-state index contributed by atoms with van der Waals surface area (Å²) in [4.78, 5) is 18.4. The zero-order valence-corrected chi connectivity index (χ0v) is 14.2. The first-order chi connectivity index (χ1) is 11.6. The third-order valence-electron chi connectivity index (χ3n) is 3.96. The lowest BCUT2D eigenvalue weighted by molar-refractivity contribution is -0.118. The summed E-state index contributed by atoms with van der Waals surface area (Å²) in [5, 5.41) is 12.6. The second-order valence-corrected chi connectivity index (χ2v) is 6.17. The number of aliphatic hydroxyl groups is 1. The third-order valence-corrected chi connectivity index (χ3v) is 3.96. The van der Waals surface area contributed by atoms with Crippen LogP contribution in [0, 0.1) is 5.92 Å². The Labute approximate surface area is 143 Å². The molecule has 1 amide bonds. The molecule has 0 spiro atoms. The second-order valence-electron chi connectivity index (χ2n) is 6.17. The van der Waals surface area contributed by atoms with E-state index in [9.17, 15) is 9.90 Å². The van der Waals surface area contributed by atoms with Crippen molar-refractivity contribution < 1.29 is 9.90 Å². The summed E-state index contributed by atoms with van der Waals surface area (Å²) < 4.78 is 0. The number of aromatic nitrogens is 1. The van der Waals surface area contributed by atoms with Gasteiger partial charge in [-0.25, -0.2) is 0 Å². The van der Waals surface area contributed by atoms with Crippen molar-refractivity contribution in [3.8, 4) is 0 Å². The maximum Gasteiger partial charge on any atom is 0.238 e. The summed E-state index contributed by atoms with van der Waals surface area (Å²) >= 11 is 0. The molecule has 1 heterocycles. The summed E-state index contributed by atoms with van der Waals surface area (Å²) in [5.74, 6) is 0.142. The fraction of sp³-hybridized carbons (Fsp3) is 0.368. The maximum atomic E-state index is 12.4. The fourth-order valence-electron chi connectivity index (χ4n) is 2.68. The minimum absolute atomic E-state index is 0.0209. The number of aliphatic hydroxyl groups excluding tert-OH is 1. The van der Waals surface area contributed by atoms with Gasteiger partial charge in [-0.05, 0) is 23.6 Å². The summed E-state index contributed by atoms with van der Waals surface area (Å²) in [5.41, 5.74) is 1.84. The SMILES string of the molecule is CC(C)C(CO)N(CC(=O)Nc1ccncc1)Cc1ccccc1. The van der Waals surface area contributed by atoms with Crippen molar-refractivity contribution in [1.82, 2.24) is 9.88 Å². The van der Waals surface area contributed by atoms with E-state index in [0.717, 1.165) is 11.3 Å². The van der Waals surface area contributed by atoms with Gasteiger partial charge in [0.15, 0.2) is 0 Å². The molecule has 128 valence electrons. The Morgan fingerprint density at radius 3 is 2.42 bits per heavy atom. The smallest absolute Gasteiger partial charge is 0.238 e. The molecule has 0 radical (unpaired) electrons. The van der Waals surface area contributed by atoms with Gasteiger partial charge in [-0.1, -0.05) is 44.2 Å². The van der Waals surface area contributed by atoms with E-state index in [1.807, 2.05) is 35.2 Å². The molecule has 2 N–H and O–H groups in total. The van der Waals surface area contributed by atoms with E-state index in [0.29, 0.717) is 6.54 Å². The topological polar surface area (TPSA) is 65.5 Å². The number of carbonyl (C=O) groups is 1. The molecular weight excluding hydrogens is 302 g/mol. The zero-order chi connectivity index (χ0) is 17.4. The van der Waals surface area contributed by atoms with Crippen LogP contribution < -0.4 is 5.32 Å². The van der Waals surface area contributed by atoms with Gasteiger partial charge < -0.3 is 10.4 Å². The molecule has 0 aliphatic carbocycles. The minimum atomic E-state index is -0.101. The maximum absolute atomic E-state index is 12.4. The van der Waals surface area contributed by atoms with Gasteiger partial charge >= 0.3 is 0 Å². The number of carbonyl (C=O) groups excluding carboxylic acids is 1. The van der Waals surface area contributed by atoms with Gasteiger partial charge in [0, 0.05) is 30.7 Å². The van der Waals surface area contributed by atoms with Crippen molar-refractivity contribution in [3.05, 3.63) is 60.4 Å². The van der Waals surface area contributed by atoms with Crippen LogP contribution in [-0.2, 0) is 11.3 Å². The van der Waals surface area contributed by atoms with Crippen LogP contribution in [-0.4, -0.2) is 40.1 Å². The van der Waals surface area contributed by atoms with E-state index in [1.54, 1.807) is 24.5 Å². The Morgan fingerprint density at radius 1 is 1.17 bits per heavy atom. The fourth-order valence-corrected chi connectivity index (χ4v) is 2.68. The van der Waals surface area contributed by atoms with Crippen LogP contribution in [0.3, 0.4) is 0 Å². The van der Waals surface area contributed by atoms with Crippen LogP contribution in [0.2, 0.25) is 0 Å². The van der Waals surface area contributed by atoms with Crippen molar-refractivity contribution in [2.24, 2.45) is 5.92 Å². The molecule has 1 unspecified atom stereocenters. The molecule has 0 aliphatic rings. The highest BCUT2D eigenvalue weighted by Gasteiger charge is 2.23. The number of anilines is 1. The highest BCUT2D eigenvalue weighted by Crippen LogP contribution is 2.15. The molecule has 2 aromatic rings. The molecule has 0 saturated heterocycles. The Hall–Kier alpha value is -2.24. The van der Waals surface area contributed by atoms with Gasteiger partial charge in [0.1, 0.15) is 0 Å². The van der Waals surface area contributed by atoms with E-state index in [2.05, 4.69) is 24.1 Å². The molecule has 5 heteroatoms. The van der Waals surface area contributed by atoms with Crippen LogP contribution in [0.25, 0.3) is 0 Å².